The zero-order valence-electron chi connectivity index (χ0n) is 10.7. The normalized spacial score (nSPS) is 9.39. The van der Waals surface area contributed by atoms with Crippen molar-refractivity contribution in [3.8, 4) is 11.5 Å². The lowest BCUT2D eigenvalue weighted by Crippen LogP contribution is -1.88. The van der Waals surface area contributed by atoms with Crippen molar-refractivity contribution in [1.29, 1.82) is 0 Å². The van der Waals surface area contributed by atoms with Crippen molar-refractivity contribution in [3.05, 3.63) is 59.2 Å². The summed E-state index contributed by atoms with van der Waals surface area (Å²) in [6, 6.07) is 14.3. The smallest absolute Gasteiger partial charge is 0.130 e. The van der Waals surface area contributed by atoms with Gasteiger partial charge in [-0.1, -0.05) is 29.8 Å². The van der Waals surface area contributed by atoms with Gasteiger partial charge in [-0.2, -0.15) is 0 Å². The molecule has 0 heterocycles. The molecule has 0 saturated carbocycles. The minimum Gasteiger partial charge on any atom is -0.457 e. The van der Waals surface area contributed by atoms with Crippen molar-refractivity contribution < 1.29 is 4.74 Å². The molecule has 0 bridgehead atoms. The summed E-state index contributed by atoms with van der Waals surface area (Å²) >= 11 is 4.24. The monoisotopic (exact) mass is 466 g/mol. The number of hydrogen-bond donors (Lipinski definition) is 0. The zero-order valence-corrected chi connectivity index (χ0v) is 15.0. The first-order valence-electron chi connectivity index (χ1n) is 5.61. The van der Waals surface area contributed by atoms with Gasteiger partial charge >= 0.3 is 0 Å². The summed E-state index contributed by atoms with van der Waals surface area (Å²) in [5, 5.41) is 0. The van der Waals surface area contributed by atoms with E-state index in [0.717, 1.165) is 11.5 Å². The molecule has 0 atom stereocenters. The van der Waals surface area contributed by atoms with Crippen molar-refractivity contribution in [2.45, 2.75) is 20.8 Å². The minimum atomic E-state index is 0.895. The molecule has 0 saturated heterocycles. The van der Waals surface area contributed by atoms with Gasteiger partial charge in [0.15, 0.2) is 0 Å². The summed E-state index contributed by atoms with van der Waals surface area (Å²) in [6.07, 6.45) is 0. The van der Waals surface area contributed by atoms with Crippen LogP contribution < -0.4 is 4.74 Å². The fourth-order valence-corrected chi connectivity index (χ4v) is 1.72. The van der Waals surface area contributed by atoms with E-state index < -0.39 is 0 Å². The largest absolute Gasteiger partial charge is 0.457 e. The average Bonchev–Trinajstić information content (AvgIpc) is 2.35. The molecule has 2 aromatic rings. The van der Waals surface area contributed by atoms with E-state index in [1.165, 1.54) is 16.7 Å². The first-order valence-corrected chi connectivity index (χ1v) is 11.9. The van der Waals surface area contributed by atoms with Gasteiger partial charge in [0, 0.05) is 37.2 Å². The standard InChI is InChI=1S/C15H16O.I2/c1-11-5-4-6-14(10-11)16-15-8-7-12(2)9-13(15)3;1-2/h4-10H,1-3H3;. The SMILES string of the molecule is Cc1cccc(Oc2ccc(C)cc2C)c1.II. The van der Waals surface area contributed by atoms with E-state index >= 15 is 0 Å². The minimum absolute atomic E-state index is 0.895. The van der Waals surface area contributed by atoms with Gasteiger partial charge in [0.2, 0.25) is 0 Å². The van der Waals surface area contributed by atoms with Crippen LogP contribution in [0.1, 0.15) is 16.7 Å². The zero-order chi connectivity index (χ0) is 13.5. The fourth-order valence-electron chi connectivity index (χ4n) is 1.72. The number of rotatable bonds is 2. The van der Waals surface area contributed by atoms with Crippen LogP contribution in [0, 0.1) is 20.8 Å². The van der Waals surface area contributed by atoms with Gasteiger partial charge in [-0.15, -0.1) is 0 Å². The quantitative estimate of drug-likeness (QED) is 0.481. The van der Waals surface area contributed by atoms with Gasteiger partial charge in [-0.3, -0.25) is 0 Å². The fraction of sp³-hybridized carbons (Fsp3) is 0.200. The lowest BCUT2D eigenvalue weighted by Gasteiger charge is -2.09. The molecular formula is C15H16I2O. The third-order valence-electron chi connectivity index (χ3n) is 2.55. The Labute approximate surface area is 132 Å². The summed E-state index contributed by atoms with van der Waals surface area (Å²) in [4.78, 5) is 0. The van der Waals surface area contributed by atoms with Crippen molar-refractivity contribution in [2.75, 3.05) is 0 Å². The lowest BCUT2D eigenvalue weighted by molar-refractivity contribution is 0.478. The summed E-state index contributed by atoms with van der Waals surface area (Å²) in [7, 11) is 0. The Morgan fingerprint density at radius 1 is 0.833 bits per heavy atom. The first-order chi connectivity index (χ1) is 8.65. The highest BCUT2D eigenvalue weighted by Gasteiger charge is 2.01. The second-order valence-electron chi connectivity index (χ2n) is 4.19. The number of ether oxygens (including phenoxy) is 1. The third kappa shape index (κ3) is 4.76. The van der Waals surface area contributed by atoms with Gasteiger partial charge in [0.1, 0.15) is 11.5 Å². The summed E-state index contributed by atoms with van der Waals surface area (Å²) in [6.45, 7) is 6.22. The van der Waals surface area contributed by atoms with Gasteiger partial charge in [0.05, 0.1) is 0 Å². The van der Waals surface area contributed by atoms with E-state index in [4.69, 9.17) is 4.74 Å². The van der Waals surface area contributed by atoms with E-state index in [1.807, 2.05) is 24.3 Å². The molecule has 0 amide bonds. The molecule has 0 spiro atoms. The highest BCUT2D eigenvalue weighted by Crippen LogP contribution is 2.25. The second kappa shape index (κ2) is 7.99. The van der Waals surface area contributed by atoms with Crippen LogP contribution in [0.5, 0.6) is 11.5 Å². The van der Waals surface area contributed by atoms with Gasteiger partial charge in [-0.25, -0.2) is 0 Å². The van der Waals surface area contributed by atoms with Crippen LogP contribution in [-0.4, -0.2) is 0 Å². The van der Waals surface area contributed by atoms with Crippen molar-refractivity contribution >= 4 is 37.2 Å². The maximum Gasteiger partial charge on any atom is 0.130 e. The Morgan fingerprint density at radius 3 is 2.11 bits per heavy atom. The third-order valence-corrected chi connectivity index (χ3v) is 2.55. The molecule has 0 aromatic heterocycles. The lowest BCUT2D eigenvalue weighted by atomic mass is 10.1. The Balaban J connectivity index is 0.000000771. The molecule has 0 aliphatic carbocycles. The van der Waals surface area contributed by atoms with E-state index in [-0.39, 0.29) is 0 Å². The molecule has 0 unspecified atom stereocenters. The molecular weight excluding hydrogens is 450 g/mol. The molecule has 1 nitrogen and oxygen atoms in total. The number of halogens is 2. The highest BCUT2D eigenvalue weighted by molar-refractivity contribution is 15.0. The van der Waals surface area contributed by atoms with E-state index in [1.54, 1.807) is 0 Å². The van der Waals surface area contributed by atoms with Crippen LogP contribution in [-0.2, 0) is 0 Å². The number of benzene rings is 2. The van der Waals surface area contributed by atoms with Gasteiger partial charge in [0.25, 0.3) is 0 Å². The average molecular weight is 466 g/mol. The van der Waals surface area contributed by atoms with Crippen LogP contribution in [0.15, 0.2) is 42.5 Å². The van der Waals surface area contributed by atoms with E-state index in [9.17, 15) is 0 Å². The van der Waals surface area contributed by atoms with E-state index in [0.29, 0.717) is 0 Å². The molecule has 96 valence electrons. The van der Waals surface area contributed by atoms with Crippen LogP contribution in [0.3, 0.4) is 0 Å². The number of aryl methyl sites for hydroxylation is 3. The van der Waals surface area contributed by atoms with Crippen LogP contribution in [0.25, 0.3) is 0 Å². The summed E-state index contributed by atoms with van der Waals surface area (Å²) in [5.41, 5.74) is 3.64. The van der Waals surface area contributed by atoms with Crippen LogP contribution in [0.2, 0.25) is 0 Å². The predicted octanol–water partition coefficient (Wildman–Crippen LogP) is 6.18. The Morgan fingerprint density at radius 2 is 1.50 bits per heavy atom. The molecule has 0 radical (unpaired) electrons. The first kappa shape index (κ1) is 15.8. The molecule has 0 aliphatic rings. The predicted molar refractivity (Wildman–Crippen MR) is 95.2 cm³/mol. The van der Waals surface area contributed by atoms with Gasteiger partial charge in [-0.05, 0) is 50.1 Å². The molecule has 3 heteroatoms. The Hall–Kier alpha value is -0.300. The summed E-state index contributed by atoms with van der Waals surface area (Å²) in [5.74, 6) is 1.82. The second-order valence-corrected chi connectivity index (χ2v) is 4.19. The Bertz CT molecular complexity index is 510. The van der Waals surface area contributed by atoms with Crippen molar-refractivity contribution in [2.24, 2.45) is 0 Å². The molecule has 0 N–H and O–H groups in total. The Kier molecular flexibility index (Phi) is 6.99. The van der Waals surface area contributed by atoms with E-state index in [2.05, 4.69) is 76.2 Å². The highest BCUT2D eigenvalue weighted by atomic mass is 128. The maximum absolute atomic E-state index is 5.84. The number of hydrogen-bond acceptors (Lipinski definition) is 1. The van der Waals surface area contributed by atoms with Crippen molar-refractivity contribution in [1.82, 2.24) is 0 Å². The molecule has 0 fully saturated rings. The van der Waals surface area contributed by atoms with Crippen LogP contribution >= 0.6 is 37.2 Å². The maximum atomic E-state index is 5.84. The molecule has 18 heavy (non-hydrogen) atoms. The van der Waals surface area contributed by atoms with Gasteiger partial charge < -0.3 is 4.74 Å². The molecule has 2 rings (SSSR count). The molecule has 0 aliphatic heterocycles. The van der Waals surface area contributed by atoms with Crippen molar-refractivity contribution in [3.63, 3.8) is 0 Å². The van der Waals surface area contributed by atoms with Crippen LogP contribution in [0.4, 0.5) is 0 Å². The molecule has 2 aromatic carbocycles. The summed E-state index contributed by atoms with van der Waals surface area (Å²) < 4.78 is 5.84. The topological polar surface area (TPSA) is 9.23 Å².